The van der Waals surface area contributed by atoms with Gasteiger partial charge in [0.15, 0.2) is 0 Å². The number of H-pyrrole nitrogens is 1. The predicted molar refractivity (Wildman–Crippen MR) is 122 cm³/mol. The standard InChI is InChI=1S/C25H28N4O2/c1-3-4-12-22-16-28(21-13-8-11-20(15-21)19-9-6-5-7-10-19)24(30)17-29(22)25(31)23-14-18(2)26-27-23/h5-11,13-15,22H,3-4,12,16-17H2,1-2H3,(H,26,27)/t22-/m1/s1. The molecule has 3 aromatic rings. The molecule has 31 heavy (non-hydrogen) atoms. The van der Waals surface area contributed by atoms with Crippen molar-refractivity contribution in [1.29, 1.82) is 0 Å². The number of amides is 2. The number of benzene rings is 2. The van der Waals surface area contributed by atoms with E-state index in [9.17, 15) is 9.59 Å². The lowest BCUT2D eigenvalue weighted by atomic mass is 10.0. The number of nitrogens with zero attached hydrogens (tertiary/aromatic N) is 3. The molecule has 0 saturated carbocycles. The lowest BCUT2D eigenvalue weighted by Gasteiger charge is -2.41. The minimum Gasteiger partial charge on any atom is -0.323 e. The first-order valence-corrected chi connectivity index (χ1v) is 10.9. The molecule has 1 aliphatic rings. The fourth-order valence-corrected chi connectivity index (χ4v) is 4.10. The molecule has 1 N–H and O–H groups in total. The van der Waals surface area contributed by atoms with E-state index in [1.54, 1.807) is 11.0 Å². The van der Waals surface area contributed by atoms with Gasteiger partial charge in [-0.3, -0.25) is 14.7 Å². The highest BCUT2D eigenvalue weighted by molar-refractivity contribution is 6.01. The molecule has 1 aliphatic heterocycles. The van der Waals surface area contributed by atoms with Crippen LogP contribution in [0.5, 0.6) is 0 Å². The molecule has 1 saturated heterocycles. The number of aromatic amines is 1. The number of hydrogen-bond acceptors (Lipinski definition) is 3. The number of aryl methyl sites for hydroxylation is 1. The van der Waals surface area contributed by atoms with Gasteiger partial charge < -0.3 is 9.80 Å². The molecule has 2 heterocycles. The van der Waals surface area contributed by atoms with Crippen LogP contribution in [0.25, 0.3) is 11.1 Å². The average Bonchev–Trinajstić information content (AvgIpc) is 3.24. The first-order valence-electron chi connectivity index (χ1n) is 10.9. The number of carbonyl (C=O) groups excluding carboxylic acids is 2. The summed E-state index contributed by atoms with van der Waals surface area (Å²) in [4.78, 5) is 29.7. The molecule has 0 bridgehead atoms. The van der Waals surface area contributed by atoms with Crippen LogP contribution in [-0.4, -0.2) is 46.0 Å². The third-order valence-electron chi connectivity index (χ3n) is 5.78. The Morgan fingerprint density at radius 1 is 1.10 bits per heavy atom. The molecule has 6 nitrogen and oxygen atoms in total. The molecule has 0 spiro atoms. The van der Waals surface area contributed by atoms with Crippen LogP contribution in [0.15, 0.2) is 60.7 Å². The number of anilines is 1. The number of piperazine rings is 1. The first-order chi connectivity index (χ1) is 15.1. The van der Waals surface area contributed by atoms with Gasteiger partial charge in [0.05, 0.1) is 6.04 Å². The van der Waals surface area contributed by atoms with Crippen LogP contribution >= 0.6 is 0 Å². The minimum absolute atomic E-state index is 0.0393. The van der Waals surface area contributed by atoms with Crippen LogP contribution < -0.4 is 4.90 Å². The molecule has 160 valence electrons. The number of carbonyl (C=O) groups is 2. The van der Waals surface area contributed by atoms with Gasteiger partial charge in [0, 0.05) is 17.9 Å². The van der Waals surface area contributed by atoms with E-state index >= 15 is 0 Å². The second-order valence-electron chi connectivity index (χ2n) is 8.09. The van der Waals surface area contributed by atoms with Crippen LogP contribution in [0.4, 0.5) is 5.69 Å². The van der Waals surface area contributed by atoms with E-state index in [4.69, 9.17) is 0 Å². The molecule has 2 aromatic carbocycles. The predicted octanol–water partition coefficient (Wildman–Crippen LogP) is 4.43. The molecular weight excluding hydrogens is 388 g/mol. The van der Waals surface area contributed by atoms with Crippen LogP contribution in [0.2, 0.25) is 0 Å². The topological polar surface area (TPSA) is 69.3 Å². The number of hydrogen-bond donors (Lipinski definition) is 1. The van der Waals surface area contributed by atoms with E-state index in [2.05, 4.69) is 41.4 Å². The Morgan fingerprint density at radius 3 is 2.58 bits per heavy atom. The molecular formula is C25H28N4O2. The summed E-state index contributed by atoms with van der Waals surface area (Å²) in [5.41, 5.74) is 4.25. The Labute approximate surface area is 182 Å². The van der Waals surface area contributed by atoms with Crippen molar-refractivity contribution in [2.24, 2.45) is 0 Å². The Kier molecular flexibility index (Phi) is 6.16. The maximum Gasteiger partial charge on any atom is 0.275 e. The van der Waals surface area contributed by atoms with E-state index in [0.717, 1.165) is 41.8 Å². The van der Waals surface area contributed by atoms with E-state index in [-0.39, 0.29) is 24.4 Å². The van der Waals surface area contributed by atoms with Gasteiger partial charge in [-0.25, -0.2) is 0 Å². The van der Waals surface area contributed by atoms with Crippen LogP contribution in [0.1, 0.15) is 42.4 Å². The zero-order valence-corrected chi connectivity index (χ0v) is 18.0. The van der Waals surface area contributed by atoms with Crippen molar-refractivity contribution in [1.82, 2.24) is 15.1 Å². The number of nitrogens with one attached hydrogen (secondary N) is 1. The van der Waals surface area contributed by atoms with Gasteiger partial charge in [0.25, 0.3) is 5.91 Å². The third kappa shape index (κ3) is 4.53. The van der Waals surface area contributed by atoms with Crippen LogP contribution in [-0.2, 0) is 4.79 Å². The third-order valence-corrected chi connectivity index (χ3v) is 5.78. The molecule has 0 aliphatic carbocycles. The number of aromatic nitrogens is 2. The van der Waals surface area contributed by atoms with Crippen molar-refractivity contribution in [3.63, 3.8) is 0 Å². The Bertz CT molecular complexity index is 1060. The maximum absolute atomic E-state index is 13.1. The maximum atomic E-state index is 13.1. The molecule has 2 amide bonds. The van der Waals surface area contributed by atoms with Crippen LogP contribution in [0.3, 0.4) is 0 Å². The summed E-state index contributed by atoms with van der Waals surface area (Å²) in [6.45, 7) is 4.56. The van der Waals surface area contributed by atoms with Gasteiger partial charge in [0.1, 0.15) is 12.2 Å². The summed E-state index contributed by atoms with van der Waals surface area (Å²) < 4.78 is 0. The molecule has 0 radical (unpaired) electrons. The van der Waals surface area contributed by atoms with E-state index < -0.39 is 0 Å². The largest absolute Gasteiger partial charge is 0.323 e. The van der Waals surface area contributed by atoms with Gasteiger partial charge in [-0.15, -0.1) is 0 Å². The quantitative estimate of drug-likeness (QED) is 0.646. The fourth-order valence-electron chi connectivity index (χ4n) is 4.10. The monoisotopic (exact) mass is 416 g/mol. The lowest BCUT2D eigenvalue weighted by Crippen LogP contribution is -2.58. The number of unbranched alkanes of at least 4 members (excludes halogenated alkanes) is 1. The highest BCUT2D eigenvalue weighted by atomic mass is 16.2. The zero-order chi connectivity index (χ0) is 21.8. The SMILES string of the molecule is CCCC[C@@H]1CN(c2cccc(-c3ccccc3)c2)C(=O)CN1C(=O)c1cc(C)[nH]n1. The second-order valence-corrected chi connectivity index (χ2v) is 8.09. The first kappa shape index (κ1) is 20.8. The highest BCUT2D eigenvalue weighted by Gasteiger charge is 2.36. The molecule has 6 heteroatoms. The van der Waals surface area contributed by atoms with Crippen LogP contribution in [0, 0.1) is 6.92 Å². The molecule has 1 aromatic heterocycles. The molecule has 1 atom stereocenters. The van der Waals surface area contributed by atoms with Gasteiger partial charge in [0.2, 0.25) is 5.91 Å². The summed E-state index contributed by atoms with van der Waals surface area (Å²) in [7, 11) is 0. The van der Waals surface area contributed by atoms with Crippen molar-refractivity contribution in [2.75, 3.05) is 18.0 Å². The molecule has 0 unspecified atom stereocenters. The minimum atomic E-state index is -0.184. The summed E-state index contributed by atoms with van der Waals surface area (Å²) in [5, 5.41) is 6.93. The zero-order valence-electron chi connectivity index (χ0n) is 18.0. The fraction of sp³-hybridized carbons (Fsp3) is 0.320. The van der Waals surface area contributed by atoms with Gasteiger partial charge >= 0.3 is 0 Å². The lowest BCUT2D eigenvalue weighted by molar-refractivity contribution is -0.121. The Morgan fingerprint density at radius 2 is 1.87 bits per heavy atom. The van der Waals surface area contributed by atoms with Gasteiger partial charge in [-0.1, -0.05) is 62.2 Å². The summed E-state index contributed by atoms with van der Waals surface area (Å²) in [6.07, 6.45) is 2.89. The summed E-state index contributed by atoms with van der Waals surface area (Å²) in [6, 6.07) is 19.9. The Hall–Kier alpha value is -3.41. The molecule has 1 fully saturated rings. The second kappa shape index (κ2) is 9.16. The van der Waals surface area contributed by atoms with E-state index in [1.807, 2.05) is 42.2 Å². The van der Waals surface area contributed by atoms with Crippen molar-refractivity contribution < 1.29 is 9.59 Å². The average molecular weight is 417 g/mol. The van der Waals surface area contributed by atoms with Crippen molar-refractivity contribution >= 4 is 17.5 Å². The highest BCUT2D eigenvalue weighted by Crippen LogP contribution is 2.28. The van der Waals surface area contributed by atoms with Crippen molar-refractivity contribution in [3.05, 3.63) is 72.1 Å². The smallest absolute Gasteiger partial charge is 0.275 e. The Balaban J connectivity index is 1.60. The van der Waals surface area contributed by atoms with Crippen molar-refractivity contribution in [3.8, 4) is 11.1 Å². The normalized spacial score (nSPS) is 16.6. The molecule has 4 rings (SSSR count). The van der Waals surface area contributed by atoms with E-state index in [0.29, 0.717) is 12.2 Å². The number of rotatable bonds is 6. The van der Waals surface area contributed by atoms with Gasteiger partial charge in [-0.05, 0) is 42.7 Å². The van der Waals surface area contributed by atoms with Crippen molar-refractivity contribution in [2.45, 2.75) is 39.2 Å². The summed E-state index contributed by atoms with van der Waals surface area (Å²) in [5.74, 6) is -0.255. The van der Waals surface area contributed by atoms with E-state index in [1.165, 1.54) is 0 Å². The van der Waals surface area contributed by atoms with Gasteiger partial charge in [-0.2, -0.15) is 5.10 Å². The summed E-state index contributed by atoms with van der Waals surface area (Å²) >= 11 is 0.